The number of rotatable bonds is 1. The molecule has 110 valence electrons. The van der Waals surface area contributed by atoms with E-state index in [9.17, 15) is 5.11 Å². The summed E-state index contributed by atoms with van der Waals surface area (Å²) in [6.45, 7) is 3.23. The Labute approximate surface area is 123 Å². The van der Waals surface area contributed by atoms with Crippen LogP contribution in [-0.4, -0.2) is 42.2 Å². The van der Waals surface area contributed by atoms with Gasteiger partial charge in [-0.1, -0.05) is 6.07 Å². The maximum Gasteiger partial charge on any atom is 0.211 e. The molecule has 0 atom stereocenters. The van der Waals surface area contributed by atoms with E-state index < -0.39 is 0 Å². The van der Waals surface area contributed by atoms with Crippen LogP contribution in [0, 0.1) is 0 Å². The van der Waals surface area contributed by atoms with Crippen LogP contribution >= 0.6 is 0 Å². The molecule has 2 aliphatic rings. The molecule has 4 rings (SSSR count). The van der Waals surface area contributed by atoms with Gasteiger partial charge in [0.15, 0.2) is 5.79 Å². The first-order valence-electron chi connectivity index (χ1n) is 7.37. The molecule has 5 heteroatoms. The number of ether oxygens (including phenoxy) is 2. The fraction of sp³-hybridized carbons (Fsp3) is 0.438. The molecule has 2 fully saturated rings. The van der Waals surface area contributed by atoms with Gasteiger partial charge >= 0.3 is 0 Å². The van der Waals surface area contributed by atoms with Crippen LogP contribution in [0.2, 0.25) is 0 Å². The van der Waals surface area contributed by atoms with Crippen molar-refractivity contribution in [2.24, 2.45) is 0 Å². The highest BCUT2D eigenvalue weighted by Crippen LogP contribution is 2.33. The summed E-state index contributed by atoms with van der Waals surface area (Å²) in [5.41, 5.74) is 1.95. The molecule has 1 N–H and O–H groups in total. The molecule has 21 heavy (non-hydrogen) atoms. The van der Waals surface area contributed by atoms with Crippen LogP contribution in [0.3, 0.4) is 0 Å². The Bertz CT molecular complexity index is 658. The van der Waals surface area contributed by atoms with Gasteiger partial charge in [0.1, 0.15) is 0 Å². The number of nitrogens with zero attached hydrogens (tertiary/aromatic N) is 2. The summed E-state index contributed by atoms with van der Waals surface area (Å²) in [6, 6.07) is 9.68. The maximum absolute atomic E-state index is 9.51. The minimum Gasteiger partial charge on any atom is -0.493 e. The second-order valence-electron chi connectivity index (χ2n) is 5.64. The topological polar surface area (TPSA) is 54.8 Å². The molecule has 2 saturated heterocycles. The summed E-state index contributed by atoms with van der Waals surface area (Å²) in [5, 5.41) is 10.5. The predicted molar refractivity (Wildman–Crippen MR) is 79.5 cm³/mol. The van der Waals surface area contributed by atoms with Crippen molar-refractivity contribution < 1.29 is 14.6 Å². The predicted octanol–water partition coefficient (Wildman–Crippen LogP) is 2.28. The van der Waals surface area contributed by atoms with E-state index in [1.54, 1.807) is 6.07 Å². The van der Waals surface area contributed by atoms with Gasteiger partial charge in [0.25, 0.3) is 0 Å². The Morgan fingerprint density at radius 2 is 1.76 bits per heavy atom. The number of aromatic hydroxyl groups is 1. The van der Waals surface area contributed by atoms with E-state index in [0.29, 0.717) is 13.2 Å². The van der Waals surface area contributed by atoms with Crippen molar-refractivity contribution in [1.82, 2.24) is 4.98 Å². The molecule has 0 unspecified atom stereocenters. The fourth-order valence-electron chi connectivity index (χ4n) is 3.18. The van der Waals surface area contributed by atoms with Crippen LogP contribution in [0.5, 0.6) is 5.88 Å². The smallest absolute Gasteiger partial charge is 0.211 e. The normalized spacial score (nSPS) is 21.2. The first kappa shape index (κ1) is 12.9. The van der Waals surface area contributed by atoms with Gasteiger partial charge in [-0.05, 0) is 18.2 Å². The second-order valence-corrected chi connectivity index (χ2v) is 5.64. The Hall–Kier alpha value is -1.85. The zero-order chi connectivity index (χ0) is 14.3. The summed E-state index contributed by atoms with van der Waals surface area (Å²) in [6.07, 6.45) is 1.77. The lowest BCUT2D eigenvalue weighted by molar-refractivity contribution is -0.169. The Balaban J connectivity index is 1.56. The van der Waals surface area contributed by atoms with Gasteiger partial charge in [0.2, 0.25) is 5.88 Å². The lowest BCUT2D eigenvalue weighted by Crippen LogP contribution is -2.45. The van der Waals surface area contributed by atoms with Crippen molar-refractivity contribution in [3.63, 3.8) is 0 Å². The van der Waals surface area contributed by atoms with Crippen LogP contribution in [0.15, 0.2) is 30.3 Å². The van der Waals surface area contributed by atoms with Crippen LogP contribution in [0.4, 0.5) is 5.69 Å². The highest BCUT2D eigenvalue weighted by Gasteiger charge is 2.39. The number of anilines is 1. The van der Waals surface area contributed by atoms with Crippen molar-refractivity contribution in [3.05, 3.63) is 30.3 Å². The molecule has 5 nitrogen and oxygen atoms in total. The standard InChI is InChI=1S/C16H18N2O3/c19-15-4-2-12-1-3-13(11-14(12)17-15)18-7-5-16(6-8-18)20-9-10-21-16/h1-4,11H,5-10H2,(H,17,19). The van der Waals surface area contributed by atoms with Crippen molar-refractivity contribution in [2.75, 3.05) is 31.2 Å². The van der Waals surface area contributed by atoms with Gasteiger partial charge < -0.3 is 19.5 Å². The minimum absolute atomic E-state index is 0.0602. The van der Waals surface area contributed by atoms with Crippen LogP contribution in [0.25, 0.3) is 10.9 Å². The number of aromatic nitrogens is 1. The minimum atomic E-state index is -0.343. The highest BCUT2D eigenvalue weighted by molar-refractivity contribution is 5.82. The summed E-state index contributed by atoms with van der Waals surface area (Å²) in [5.74, 6) is -0.283. The molecule has 0 amide bonds. The molecule has 0 saturated carbocycles. The van der Waals surface area contributed by atoms with Gasteiger partial charge in [-0.25, -0.2) is 4.98 Å². The molecular formula is C16H18N2O3. The van der Waals surface area contributed by atoms with Gasteiger partial charge in [0.05, 0.1) is 18.7 Å². The SMILES string of the molecule is Oc1ccc2ccc(N3CCC4(CC3)OCCO4)cc2n1. The summed E-state index contributed by atoms with van der Waals surface area (Å²) in [7, 11) is 0. The largest absolute Gasteiger partial charge is 0.493 e. The Morgan fingerprint density at radius 3 is 2.52 bits per heavy atom. The van der Waals surface area contributed by atoms with Crippen molar-refractivity contribution in [1.29, 1.82) is 0 Å². The van der Waals surface area contributed by atoms with E-state index in [4.69, 9.17) is 9.47 Å². The Kier molecular flexibility index (Phi) is 2.97. The van der Waals surface area contributed by atoms with Gasteiger partial charge in [-0.15, -0.1) is 0 Å². The van der Waals surface area contributed by atoms with E-state index in [1.165, 1.54) is 0 Å². The first-order chi connectivity index (χ1) is 10.2. The average molecular weight is 286 g/mol. The Morgan fingerprint density at radius 1 is 1.05 bits per heavy atom. The third-order valence-electron chi connectivity index (χ3n) is 4.36. The highest BCUT2D eigenvalue weighted by atomic mass is 16.7. The first-order valence-corrected chi connectivity index (χ1v) is 7.37. The third-order valence-corrected chi connectivity index (χ3v) is 4.36. The summed E-state index contributed by atoms with van der Waals surface area (Å²) in [4.78, 5) is 6.50. The van der Waals surface area contributed by atoms with Crippen LogP contribution in [0.1, 0.15) is 12.8 Å². The zero-order valence-electron chi connectivity index (χ0n) is 11.8. The number of fused-ring (bicyclic) bond motifs is 1. The van der Waals surface area contributed by atoms with E-state index in [0.717, 1.165) is 42.5 Å². The van der Waals surface area contributed by atoms with Crippen LogP contribution in [-0.2, 0) is 9.47 Å². The zero-order valence-corrected chi connectivity index (χ0v) is 11.8. The van der Waals surface area contributed by atoms with Crippen molar-refractivity contribution in [2.45, 2.75) is 18.6 Å². The molecule has 1 aromatic carbocycles. The van der Waals surface area contributed by atoms with Gasteiger partial charge in [-0.3, -0.25) is 0 Å². The molecular weight excluding hydrogens is 268 g/mol. The van der Waals surface area contributed by atoms with Crippen molar-refractivity contribution in [3.8, 4) is 5.88 Å². The maximum atomic E-state index is 9.51. The third kappa shape index (κ3) is 2.32. The molecule has 1 aromatic heterocycles. The van der Waals surface area contributed by atoms with E-state index in [1.807, 2.05) is 18.2 Å². The summed E-state index contributed by atoms with van der Waals surface area (Å²) >= 11 is 0. The van der Waals surface area contributed by atoms with Gasteiger partial charge in [-0.2, -0.15) is 0 Å². The lowest BCUT2D eigenvalue weighted by atomic mass is 10.0. The number of hydrogen-bond acceptors (Lipinski definition) is 5. The number of hydrogen-bond donors (Lipinski definition) is 1. The van der Waals surface area contributed by atoms with E-state index in [2.05, 4.69) is 16.0 Å². The fourth-order valence-corrected chi connectivity index (χ4v) is 3.18. The molecule has 2 aromatic rings. The number of piperidine rings is 1. The molecule has 0 aliphatic carbocycles. The quantitative estimate of drug-likeness (QED) is 0.871. The monoisotopic (exact) mass is 286 g/mol. The van der Waals surface area contributed by atoms with E-state index in [-0.39, 0.29) is 11.7 Å². The molecule has 3 heterocycles. The average Bonchev–Trinajstić information content (AvgIpc) is 2.95. The number of pyridine rings is 1. The molecule has 1 spiro atoms. The molecule has 2 aliphatic heterocycles. The molecule has 0 radical (unpaired) electrons. The van der Waals surface area contributed by atoms with Crippen molar-refractivity contribution >= 4 is 16.6 Å². The molecule has 0 bridgehead atoms. The van der Waals surface area contributed by atoms with Gasteiger partial charge in [0, 0.05) is 43.1 Å². The number of benzene rings is 1. The second kappa shape index (κ2) is 4.86. The summed E-state index contributed by atoms with van der Waals surface area (Å²) < 4.78 is 11.5. The van der Waals surface area contributed by atoms with Crippen LogP contribution < -0.4 is 4.90 Å². The van der Waals surface area contributed by atoms with E-state index >= 15 is 0 Å². The lowest BCUT2D eigenvalue weighted by Gasteiger charge is -2.38.